The molecule has 1 aliphatic heterocycles. The quantitative estimate of drug-likeness (QED) is 0.490. The summed E-state index contributed by atoms with van der Waals surface area (Å²) in [7, 11) is -1.05. The molecule has 174 valence electrons. The Morgan fingerprint density at radius 2 is 1.64 bits per heavy atom. The van der Waals surface area contributed by atoms with E-state index in [1.807, 2.05) is 55.5 Å². The van der Waals surface area contributed by atoms with Crippen molar-refractivity contribution in [3.05, 3.63) is 64.4 Å². The van der Waals surface area contributed by atoms with Crippen LogP contribution in [-0.4, -0.2) is 59.1 Å². The van der Waals surface area contributed by atoms with Crippen molar-refractivity contribution in [2.45, 2.75) is 11.8 Å². The fourth-order valence-corrected chi connectivity index (χ4v) is 7.05. The SMILES string of the molecule is COC(=O)c1scc(-c2ccc(C)cc2)c1S(=O)(=O)N1CCN(c2ccccc2OC)CC1. The van der Waals surface area contributed by atoms with E-state index in [9.17, 15) is 13.2 Å². The van der Waals surface area contributed by atoms with Crippen LogP contribution in [0.3, 0.4) is 0 Å². The van der Waals surface area contributed by atoms with Crippen LogP contribution in [0.25, 0.3) is 11.1 Å². The monoisotopic (exact) mass is 486 g/mol. The third-order valence-electron chi connectivity index (χ3n) is 5.74. The average molecular weight is 487 g/mol. The van der Waals surface area contributed by atoms with Crippen molar-refractivity contribution in [3.8, 4) is 16.9 Å². The van der Waals surface area contributed by atoms with E-state index in [4.69, 9.17) is 9.47 Å². The maximum atomic E-state index is 13.8. The first-order chi connectivity index (χ1) is 15.9. The third kappa shape index (κ3) is 4.48. The zero-order chi connectivity index (χ0) is 23.6. The number of anilines is 1. The van der Waals surface area contributed by atoms with Gasteiger partial charge in [-0.3, -0.25) is 0 Å². The number of piperazine rings is 1. The molecule has 4 rings (SSSR count). The van der Waals surface area contributed by atoms with Crippen molar-refractivity contribution in [1.29, 1.82) is 0 Å². The Balaban J connectivity index is 1.66. The van der Waals surface area contributed by atoms with E-state index in [0.717, 1.165) is 33.9 Å². The predicted molar refractivity (Wildman–Crippen MR) is 130 cm³/mol. The molecule has 0 atom stereocenters. The van der Waals surface area contributed by atoms with Crippen LogP contribution in [0.4, 0.5) is 5.69 Å². The molecule has 1 fully saturated rings. The van der Waals surface area contributed by atoms with Crippen molar-refractivity contribution in [2.75, 3.05) is 45.3 Å². The number of thiophene rings is 1. The second-order valence-corrected chi connectivity index (χ2v) is 10.5. The van der Waals surface area contributed by atoms with Crippen molar-refractivity contribution >= 4 is 33.0 Å². The molecule has 3 aromatic rings. The smallest absolute Gasteiger partial charge is 0.349 e. The molecular weight excluding hydrogens is 460 g/mol. The number of aryl methyl sites for hydroxylation is 1. The van der Waals surface area contributed by atoms with Crippen LogP contribution in [0.2, 0.25) is 0 Å². The highest BCUT2D eigenvalue weighted by Gasteiger charge is 2.36. The van der Waals surface area contributed by atoms with Gasteiger partial charge in [0.1, 0.15) is 15.5 Å². The van der Waals surface area contributed by atoms with Gasteiger partial charge in [0.15, 0.2) is 0 Å². The molecule has 9 heteroatoms. The van der Waals surface area contributed by atoms with Gasteiger partial charge < -0.3 is 14.4 Å². The molecule has 2 heterocycles. The Labute approximate surface area is 198 Å². The number of carbonyl (C=O) groups is 1. The highest BCUT2D eigenvalue weighted by molar-refractivity contribution is 7.89. The Bertz CT molecular complexity index is 1240. The number of rotatable bonds is 6. The van der Waals surface area contributed by atoms with Gasteiger partial charge in [0.25, 0.3) is 0 Å². The van der Waals surface area contributed by atoms with Gasteiger partial charge in [-0.25, -0.2) is 13.2 Å². The normalized spacial score (nSPS) is 14.8. The standard InChI is InChI=1S/C24H26N2O5S2/c1-17-8-10-18(11-9-17)19-16-32-22(24(27)31-3)23(19)33(28,29)26-14-12-25(13-15-26)20-6-4-5-7-21(20)30-2/h4-11,16H,12-15H2,1-3H3. The highest BCUT2D eigenvalue weighted by atomic mass is 32.2. The Kier molecular flexibility index (Phi) is 6.73. The summed E-state index contributed by atoms with van der Waals surface area (Å²) in [6.07, 6.45) is 0. The summed E-state index contributed by atoms with van der Waals surface area (Å²) in [5.41, 5.74) is 3.27. The number of sulfonamides is 1. The molecule has 0 spiro atoms. The molecule has 33 heavy (non-hydrogen) atoms. The zero-order valence-electron chi connectivity index (χ0n) is 18.8. The molecule has 0 N–H and O–H groups in total. The number of methoxy groups -OCH3 is 2. The van der Waals surface area contributed by atoms with Crippen LogP contribution < -0.4 is 9.64 Å². The van der Waals surface area contributed by atoms with Gasteiger partial charge in [0.2, 0.25) is 10.0 Å². The van der Waals surface area contributed by atoms with Gasteiger partial charge in [0, 0.05) is 37.1 Å². The maximum absolute atomic E-state index is 13.8. The van der Waals surface area contributed by atoms with Gasteiger partial charge in [-0.1, -0.05) is 42.0 Å². The zero-order valence-corrected chi connectivity index (χ0v) is 20.4. The van der Waals surface area contributed by atoms with Crippen LogP contribution in [0.5, 0.6) is 5.75 Å². The number of ether oxygens (including phenoxy) is 2. The Morgan fingerprint density at radius 3 is 2.27 bits per heavy atom. The van der Waals surface area contributed by atoms with E-state index in [1.165, 1.54) is 11.4 Å². The molecule has 0 amide bonds. The average Bonchev–Trinajstić information content (AvgIpc) is 3.30. The summed E-state index contributed by atoms with van der Waals surface area (Å²) >= 11 is 1.09. The molecule has 0 bridgehead atoms. The minimum atomic E-state index is -3.93. The van der Waals surface area contributed by atoms with Crippen LogP contribution in [0, 0.1) is 6.92 Å². The van der Waals surface area contributed by atoms with Crippen LogP contribution in [-0.2, 0) is 14.8 Å². The molecule has 1 saturated heterocycles. The van der Waals surface area contributed by atoms with E-state index < -0.39 is 16.0 Å². The number of carbonyl (C=O) groups excluding carboxylic acids is 1. The molecule has 0 radical (unpaired) electrons. The van der Waals surface area contributed by atoms with Crippen LogP contribution >= 0.6 is 11.3 Å². The van der Waals surface area contributed by atoms with Gasteiger partial charge in [-0.15, -0.1) is 11.3 Å². The number of nitrogens with zero attached hydrogens (tertiary/aromatic N) is 2. The fraction of sp³-hybridized carbons (Fsp3) is 0.292. The molecular formula is C24H26N2O5S2. The summed E-state index contributed by atoms with van der Waals surface area (Å²) in [5.74, 6) is 0.103. The number of benzene rings is 2. The molecule has 2 aromatic carbocycles. The molecule has 7 nitrogen and oxygen atoms in total. The first kappa shape index (κ1) is 23.3. The second-order valence-electron chi connectivity index (χ2n) is 7.73. The summed E-state index contributed by atoms with van der Waals surface area (Å²) in [6.45, 7) is 3.58. The lowest BCUT2D eigenvalue weighted by Crippen LogP contribution is -2.49. The van der Waals surface area contributed by atoms with Gasteiger partial charge in [-0.05, 0) is 24.6 Å². The number of hydrogen-bond acceptors (Lipinski definition) is 7. The van der Waals surface area contributed by atoms with E-state index >= 15 is 0 Å². The van der Waals surface area contributed by atoms with E-state index in [-0.39, 0.29) is 9.77 Å². The van der Waals surface area contributed by atoms with Gasteiger partial charge >= 0.3 is 5.97 Å². The minimum absolute atomic E-state index is 0.0222. The lowest BCUT2D eigenvalue weighted by molar-refractivity contribution is 0.0602. The van der Waals surface area contributed by atoms with Crippen LogP contribution in [0.1, 0.15) is 15.2 Å². The lowest BCUT2D eigenvalue weighted by atomic mass is 10.1. The summed E-state index contributed by atoms with van der Waals surface area (Å²) in [5, 5.41) is 1.72. The Morgan fingerprint density at radius 1 is 0.970 bits per heavy atom. The van der Waals surface area contributed by atoms with Crippen molar-refractivity contribution in [1.82, 2.24) is 4.31 Å². The highest BCUT2D eigenvalue weighted by Crippen LogP contribution is 2.38. The lowest BCUT2D eigenvalue weighted by Gasteiger charge is -2.36. The van der Waals surface area contributed by atoms with Gasteiger partial charge in [0.05, 0.1) is 19.9 Å². The van der Waals surface area contributed by atoms with Gasteiger partial charge in [-0.2, -0.15) is 4.31 Å². The van der Waals surface area contributed by atoms with E-state index in [1.54, 1.807) is 12.5 Å². The molecule has 0 aliphatic carbocycles. The topological polar surface area (TPSA) is 76.2 Å². The third-order valence-corrected chi connectivity index (χ3v) is 8.82. The summed E-state index contributed by atoms with van der Waals surface area (Å²) in [4.78, 5) is 14.7. The minimum Gasteiger partial charge on any atom is -0.495 e. The first-order valence-electron chi connectivity index (χ1n) is 10.5. The number of hydrogen-bond donors (Lipinski definition) is 0. The summed E-state index contributed by atoms with van der Waals surface area (Å²) in [6, 6.07) is 15.3. The molecule has 1 aliphatic rings. The molecule has 0 saturated carbocycles. The number of esters is 1. The second kappa shape index (κ2) is 9.54. The van der Waals surface area contributed by atoms with Crippen LogP contribution in [0.15, 0.2) is 58.8 Å². The van der Waals surface area contributed by atoms with E-state index in [0.29, 0.717) is 31.7 Å². The fourth-order valence-electron chi connectivity index (χ4n) is 3.96. The molecule has 0 unspecified atom stereocenters. The van der Waals surface area contributed by atoms with Crippen molar-refractivity contribution in [2.24, 2.45) is 0 Å². The van der Waals surface area contributed by atoms with E-state index in [2.05, 4.69) is 4.90 Å². The maximum Gasteiger partial charge on any atom is 0.349 e. The first-order valence-corrected chi connectivity index (χ1v) is 12.8. The van der Waals surface area contributed by atoms with Crippen molar-refractivity contribution < 1.29 is 22.7 Å². The summed E-state index contributed by atoms with van der Waals surface area (Å²) < 4.78 is 39.4. The Hall–Kier alpha value is -2.88. The van der Waals surface area contributed by atoms with Crippen molar-refractivity contribution in [3.63, 3.8) is 0 Å². The molecule has 1 aromatic heterocycles. The number of para-hydroxylation sites is 2. The predicted octanol–water partition coefficient (Wildman–Crippen LogP) is 4.03. The largest absolute Gasteiger partial charge is 0.495 e.